The molecule has 1 amide bonds. The Morgan fingerprint density at radius 2 is 1.76 bits per heavy atom. The predicted molar refractivity (Wildman–Crippen MR) is 149 cm³/mol. The summed E-state index contributed by atoms with van der Waals surface area (Å²) < 4.78 is 34.7. The minimum Gasteiger partial charge on any atom is -0.355 e. The SMILES string of the molecule is Cc1cc(C)c(/C=C/c2onc(C)c2S(=O)(=O)N2CCC[C@H](C(=O)N3CCCc4ccccc43)C2)c(C)c1. The first-order valence-corrected chi connectivity index (χ1v) is 14.7. The van der Waals surface area contributed by atoms with Gasteiger partial charge in [-0.25, -0.2) is 8.42 Å². The topological polar surface area (TPSA) is 83.7 Å². The normalized spacial score (nSPS) is 18.6. The van der Waals surface area contributed by atoms with Crippen molar-refractivity contribution < 1.29 is 17.7 Å². The van der Waals surface area contributed by atoms with Crippen molar-refractivity contribution in [3.8, 4) is 0 Å². The molecule has 1 aromatic heterocycles. The van der Waals surface area contributed by atoms with Crippen LogP contribution in [-0.2, 0) is 21.2 Å². The lowest BCUT2D eigenvalue weighted by atomic mass is 9.95. The molecule has 0 saturated carbocycles. The van der Waals surface area contributed by atoms with Crippen LogP contribution in [0.2, 0.25) is 0 Å². The summed E-state index contributed by atoms with van der Waals surface area (Å²) in [7, 11) is -3.91. The third kappa shape index (κ3) is 4.95. The smallest absolute Gasteiger partial charge is 0.248 e. The molecule has 38 heavy (non-hydrogen) atoms. The lowest BCUT2D eigenvalue weighted by Gasteiger charge is -2.36. The summed E-state index contributed by atoms with van der Waals surface area (Å²) >= 11 is 0. The fourth-order valence-electron chi connectivity index (χ4n) is 5.89. The van der Waals surface area contributed by atoms with Gasteiger partial charge in [-0.05, 0) is 87.8 Å². The van der Waals surface area contributed by atoms with Crippen molar-refractivity contribution in [3.05, 3.63) is 75.7 Å². The Morgan fingerprint density at radius 1 is 1.03 bits per heavy atom. The molecule has 7 nitrogen and oxygen atoms in total. The largest absolute Gasteiger partial charge is 0.355 e. The fraction of sp³-hybridized carbons (Fsp3) is 0.400. The molecule has 2 aliphatic rings. The molecular weight excluding hydrogens is 498 g/mol. The van der Waals surface area contributed by atoms with Gasteiger partial charge < -0.3 is 9.42 Å². The summed E-state index contributed by atoms with van der Waals surface area (Å²) in [5.41, 5.74) is 6.86. The van der Waals surface area contributed by atoms with Gasteiger partial charge in [-0.1, -0.05) is 47.1 Å². The Labute approximate surface area is 225 Å². The number of para-hydroxylation sites is 1. The van der Waals surface area contributed by atoms with Crippen LogP contribution in [0.3, 0.4) is 0 Å². The predicted octanol–water partition coefficient (Wildman–Crippen LogP) is 5.46. The number of hydrogen-bond acceptors (Lipinski definition) is 5. The van der Waals surface area contributed by atoms with E-state index in [0.29, 0.717) is 31.6 Å². The van der Waals surface area contributed by atoms with Gasteiger partial charge in [0.2, 0.25) is 15.9 Å². The van der Waals surface area contributed by atoms with E-state index in [1.807, 2.05) is 43.0 Å². The highest BCUT2D eigenvalue weighted by atomic mass is 32.2. The lowest BCUT2D eigenvalue weighted by Crippen LogP contribution is -2.48. The number of fused-ring (bicyclic) bond motifs is 1. The average molecular weight is 534 g/mol. The van der Waals surface area contributed by atoms with Gasteiger partial charge in [-0.15, -0.1) is 0 Å². The van der Waals surface area contributed by atoms with Gasteiger partial charge in [0.1, 0.15) is 5.69 Å². The number of piperidine rings is 1. The molecule has 3 heterocycles. The van der Waals surface area contributed by atoms with Gasteiger partial charge in [0.15, 0.2) is 10.7 Å². The number of carbonyl (C=O) groups is 1. The van der Waals surface area contributed by atoms with Crippen LogP contribution in [0.1, 0.15) is 58.5 Å². The number of amides is 1. The minimum absolute atomic E-state index is 0.00420. The van der Waals surface area contributed by atoms with Crippen LogP contribution in [0.4, 0.5) is 5.69 Å². The molecule has 5 rings (SSSR count). The number of nitrogens with zero attached hydrogens (tertiary/aromatic N) is 3. The summed E-state index contributed by atoms with van der Waals surface area (Å²) in [6, 6.07) is 12.2. The van der Waals surface area contributed by atoms with Gasteiger partial charge in [0.25, 0.3) is 0 Å². The molecule has 0 aliphatic carbocycles. The van der Waals surface area contributed by atoms with Crippen molar-refractivity contribution >= 4 is 33.8 Å². The number of benzene rings is 2. The maximum absolute atomic E-state index is 13.9. The Balaban J connectivity index is 1.40. The zero-order chi connectivity index (χ0) is 27.0. The number of anilines is 1. The molecule has 2 aliphatic heterocycles. The van der Waals surface area contributed by atoms with E-state index in [2.05, 4.69) is 30.3 Å². The van der Waals surface area contributed by atoms with E-state index < -0.39 is 10.0 Å². The second kappa shape index (κ2) is 10.5. The van der Waals surface area contributed by atoms with Gasteiger partial charge in [-0.2, -0.15) is 4.31 Å². The van der Waals surface area contributed by atoms with Gasteiger partial charge >= 0.3 is 0 Å². The van der Waals surface area contributed by atoms with Crippen LogP contribution < -0.4 is 4.90 Å². The molecule has 200 valence electrons. The molecule has 2 aromatic carbocycles. The molecule has 3 aromatic rings. The van der Waals surface area contributed by atoms with Crippen molar-refractivity contribution in [2.45, 2.75) is 58.3 Å². The molecule has 0 unspecified atom stereocenters. The standard InChI is InChI=1S/C30H35N3O4S/c1-20-17-21(2)26(22(3)18-20)13-14-28-29(23(4)31-37-28)38(35,36)32-15-7-11-25(19-32)30(34)33-16-8-10-24-9-5-6-12-27(24)33/h5-6,9,12-14,17-18,25H,7-8,10-11,15-16,19H2,1-4H3/b14-13+/t25-/m0/s1. The number of hydrogen-bond donors (Lipinski definition) is 0. The Kier molecular flexibility index (Phi) is 7.29. The Hall–Kier alpha value is -3.23. The summed E-state index contributed by atoms with van der Waals surface area (Å²) in [6.45, 7) is 8.96. The summed E-state index contributed by atoms with van der Waals surface area (Å²) in [6.07, 6.45) is 6.74. The number of aromatic nitrogens is 1. The van der Waals surface area contributed by atoms with E-state index in [4.69, 9.17) is 4.52 Å². The summed E-state index contributed by atoms with van der Waals surface area (Å²) in [5, 5.41) is 3.99. The highest BCUT2D eigenvalue weighted by Crippen LogP contribution is 2.33. The van der Waals surface area contributed by atoms with E-state index in [-0.39, 0.29) is 29.0 Å². The minimum atomic E-state index is -3.91. The van der Waals surface area contributed by atoms with E-state index in [1.165, 1.54) is 15.4 Å². The average Bonchev–Trinajstić information content (AvgIpc) is 3.28. The Morgan fingerprint density at radius 3 is 2.53 bits per heavy atom. The second-order valence-electron chi connectivity index (χ2n) is 10.5. The lowest BCUT2D eigenvalue weighted by molar-refractivity contribution is -0.123. The van der Waals surface area contributed by atoms with E-state index in [0.717, 1.165) is 35.2 Å². The van der Waals surface area contributed by atoms with Crippen molar-refractivity contribution in [2.24, 2.45) is 5.92 Å². The zero-order valence-corrected chi connectivity index (χ0v) is 23.3. The first-order valence-electron chi connectivity index (χ1n) is 13.3. The van der Waals surface area contributed by atoms with Crippen molar-refractivity contribution in [2.75, 3.05) is 24.5 Å². The van der Waals surface area contributed by atoms with Gasteiger partial charge in [0, 0.05) is 25.3 Å². The van der Waals surface area contributed by atoms with Crippen LogP contribution >= 0.6 is 0 Å². The maximum Gasteiger partial charge on any atom is 0.248 e. The van der Waals surface area contributed by atoms with Crippen LogP contribution in [0, 0.1) is 33.6 Å². The quantitative estimate of drug-likeness (QED) is 0.435. The summed E-state index contributed by atoms with van der Waals surface area (Å²) in [4.78, 5) is 15.5. The molecule has 0 radical (unpaired) electrons. The molecule has 1 saturated heterocycles. The molecule has 0 spiro atoms. The first kappa shape index (κ1) is 26.4. The van der Waals surface area contributed by atoms with E-state index in [9.17, 15) is 13.2 Å². The second-order valence-corrected chi connectivity index (χ2v) is 12.4. The van der Waals surface area contributed by atoms with E-state index in [1.54, 1.807) is 13.0 Å². The van der Waals surface area contributed by atoms with Crippen LogP contribution in [0.15, 0.2) is 45.8 Å². The number of carbonyl (C=O) groups excluding carboxylic acids is 1. The fourth-order valence-corrected chi connectivity index (χ4v) is 7.66. The molecule has 0 bridgehead atoms. The molecule has 0 N–H and O–H groups in total. The maximum atomic E-state index is 13.9. The zero-order valence-electron chi connectivity index (χ0n) is 22.5. The Bertz CT molecular complexity index is 1480. The number of aryl methyl sites for hydroxylation is 5. The van der Waals surface area contributed by atoms with Crippen LogP contribution in [0.25, 0.3) is 12.2 Å². The molecule has 1 fully saturated rings. The first-order chi connectivity index (χ1) is 18.2. The number of sulfonamides is 1. The van der Waals surface area contributed by atoms with Crippen molar-refractivity contribution in [3.63, 3.8) is 0 Å². The highest BCUT2D eigenvalue weighted by Gasteiger charge is 2.38. The molecular formula is C30H35N3O4S. The molecule has 8 heteroatoms. The van der Waals surface area contributed by atoms with Gasteiger partial charge in [0.05, 0.1) is 5.92 Å². The monoisotopic (exact) mass is 533 g/mol. The summed E-state index contributed by atoms with van der Waals surface area (Å²) in [5.74, 6) is -0.175. The van der Waals surface area contributed by atoms with Crippen molar-refractivity contribution in [1.82, 2.24) is 9.46 Å². The van der Waals surface area contributed by atoms with E-state index >= 15 is 0 Å². The highest BCUT2D eigenvalue weighted by molar-refractivity contribution is 7.89. The van der Waals surface area contributed by atoms with Gasteiger partial charge in [-0.3, -0.25) is 4.79 Å². The number of rotatable bonds is 5. The van der Waals surface area contributed by atoms with Crippen LogP contribution in [-0.4, -0.2) is 43.4 Å². The van der Waals surface area contributed by atoms with Crippen LogP contribution in [0.5, 0.6) is 0 Å². The third-order valence-electron chi connectivity index (χ3n) is 7.68. The molecule has 1 atom stereocenters. The third-order valence-corrected chi connectivity index (χ3v) is 9.70. The van der Waals surface area contributed by atoms with Crippen molar-refractivity contribution in [1.29, 1.82) is 0 Å².